The quantitative estimate of drug-likeness (QED) is 0.832. The Morgan fingerprint density at radius 2 is 1.00 bits per heavy atom. The summed E-state index contributed by atoms with van der Waals surface area (Å²) in [6.45, 7) is 1.93. The van der Waals surface area contributed by atoms with Crippen molar-refractivity contribution in [2.24, 2.45) is 10.8 Å². The first-order valence-corrected chi connectivity index (χ1v) is 10.5. The molecule has 0 bridgehead atoms. The van der Waals surface area contributed by atoms with Gasteiger partial charge in [0.15, 0.2) is 12.6 Å². The maximum Gasteiger partial charge on any atom is 0.183 e. The molecule has 3 fully saturated rings. The maximum atomic E-state index is 11.5. The van der Waals surface area contributed by atoms with Crippen LogP contribution in [-0.2, 0) is 18.9 Å². The Hall–Kier alpha value is -1.76. The van der Waals surface area contributed by atoms with Crippen LogP contribution in [0.2, 0.25) is 0 Å². The highest BCUT2D eigenvalue weighted by molar-refractivity contribution is 5.18. The normalized spacial score (nSPS) is 37.6. The third-order valence-corrected chi connectivity index (χ3v) is 6.74. The lowest BCUT2D eigenvalue weighted by Gasteiger charge is -2.55. The first-order valence-electron chi connectivity index (χ1n) is 10.5. The van der Waals surface area contributed by atoms with E-state index < -0.39 is 16.9 Å². The largest absolute Gasteiger partial charge is 0.392 e. The van der Waals surface area contributed by atoms with Crippen molar-refractivity contribution < 1.29 is 24.1 Å². The van der Waals surface area contributed by atoms with E-state index in [1.54, 1.807) is 0 Å². The summed E-state index contributed by atoms with van der Waals surface area (Å²) in [5.74, 6) is 0. The molecule has 0 atom stereocenters. The molecular formula is C24H28O5. The zero-order valence-corrected chi connectivity index (χ0v) is 16.5. The van der Waals surface area contributed by atoms with E-state index in [-0.39, 0.29) is 12.6 Å². The molecule has 2 heterocycles. The van der Waals surface area contributed by atoms with Gasteiger partial charge in [0.2, 0.25) is 0 Å². The highest BCUT2D eigenvalue weighted by Gasteiger charge is 2.57. The Bertz CT molecular complexity index is 725. The minimum absolute atomic E-state index is 0.367. The number of ether oxygens (including phenoxy) is 4. The first-order chi connectivity index (χ1) is 14.2. The van der Waals surface area contributed by atoms with Crippen LogP contribution in [-0.4, -0.2) is 37.6 Å². The fraction of sp³-hybridized carbons (Fsp3) is 0.500. The van der Waals surface area contributed by atoms with Gasteiger partial charge in [-0.3, -0.25) is 0 Å². The van der Waals surface area contributed by atoms with E-state index in [0.29, 0.717) is 26.4 Å². The van der Waals surface area contributed by atoms with Crippen molar-refractivity contribution in [1.29, 1.82) is 0 Å². The average molecular weight is 396 g/mol. The number of aliphatic hydroxyl groups excluding tert-OH is 1. The summed E-state index contributed by atoms with van der Waals surface area (Å²) in [6, 6.07) is 19.9. The first kappa shape index (κ1) is 19.2. The Morgan fingerprint density at radius 1 is 0.621 bits per heavy atom. The van der Waals surface area contributed by atoms with E-state index in [2.05, 4.69) is 0 Å². The molecule has 1 N–H and O–H groups in total. The minimum Gasteiger partial charge on any atom is -0.392 e. The molecule has 5 rings (SSSR count). The fourth-order valence-corrected chi connectivity index (χ4v) is 5.07. The Morgan fingerprint density at radius 3 is 1.38 bits per heavy atom. The maximum absolute atomic E-state index is 11.5. The second kappa shape index (κ2) is 7.82. The van der Waals surface area contributed by atoms with Gasteiger partial charge in [0.25, 0.3) is 0 Å². The van der Waals surface area contributed by atoms with Crippen LogP contribution in [0.15, 0.2) is 60.7 Å². The van der Waals surface area contributed by atoms with Crippen LogP contribution in [0.5, 0.6) is 0 Å². The summed E-state index contributed by atoms with van der Waals surface area (Å²) in [5, 5.41) is 11.5. The zero-order chi connectivity index (χ0) is 19.7. The molecule has 1 aliphatic carbocycles. The minimum atomic E-state index is -0.586. The van der Waals surface area contributed by atoms with Crippen molar-refractivity contribution >= 4 is 0 Å². The van der Waals surface area contributed by atoms with Crippen LogP contribution in [0.1, 0.15) is 43.0 Å². The van der Waals surface area contributed by atoms with E-state index in [0.717, 1.165) is 30.4 Å². The van der Waals surface area contributed by atoms with Gasteiger partial charge in [0.05, 0.1) is 32.5 Å². The fourth-order valence-electron chi connectivity index (χ4n) is 5.07. The standard InChI is InChI=1S/C24H28O5/c25-22-23(14-26-20(27-15-23)18-8-3-1-4-9-18)12-7-13-24(22)16-28-21(29-17-24)19-10-5-2-6-11-19/h1-6,8-11,20-22,25H,7,12-17H2. The second-order valence-electron chi connectivity index (χ2n) is 8.71. The number of hydrogen-bond donors (Lipinski definition) is 1. The molecule has 0 amide bonds. The summed E-state index contributed by atoms with van der Waals surface area (Å²) >= 11 is 0. The molecule has 2 spiro atoms. The molecular weight excluding hydrogens is 368 g/mol. The molecule has 2 aromatic rings. The van der Waals surface area contributed by atoms with Crippen LogP contribution in [0, 0.1) is 10.8 Å². The van der Waals surface area contributed by atoms with E-state index in [4.69, 9.17) is 18.9 Å². The summed E-state index contributed by atoms with van der Waals surface area (Å²) < 4.78 is 24.4. The number of aliphatic hydroxyl groups is 1. The number of rotatable bonds is 2. The lowest BCUT2D eigenvalue weighted by molar-refractivity contribution is -0.312. The third kappa shape index (κ3) is 3.51. The van der Waals surface area contributed by atoms with Crippen molar-refractivity contribution in [3.8, 4) is 0 Å². The summed E-state index contributed by atoms with van der Waals surface area (Å²) in [6.07, 6.45) is 1.46. The molecule has 2 aliphatic heterocycles. The predicted molar refractivity (Wildman–Crippen MR) is 107 cm³/mol. The monoisotopic (exact) mass is 396 g/mol. The van der Waals surface area contributed by atoms with Gasteiger partial charge in [-0.1, -0.05) is 67.1 Å². The second-order valence-corrected chi connectivity index (χ2v) is 8.71. The molecule has 0 unspecified atom stereocenters. The smallest absolute Gasteiger partial charge is 0.183 e. The average Bonchev–Trinajstić information content (AvgIpc) is 2.80. The zero-order valence-electron chi connectivity index (χ0n) is 16.5. The van der Waals surface area contributed by atoms with E-state index in [1.807, 2.05) is 60.7 Å². The predicted octanol–water partition coefficient (Wildman–Crippen LogP) is 4.00. The highest BCUT2D eigenvalue weighted by atomic mass is 16.7. The molecule has 3 aliphatic rings. The molecule has 0 aromatic heterocycles. The molecule has 0 radical (unpaired) electrons. The lowest BCUT2D eigenvalue weighted by Crippen LogP contribution is -2.61. The van der Waals surface area contributed by atoms with Gasteiger partial charge in [0.1, 0.15) is 0 Å². The van der Waals surface area contributed by atoms with E-state index >= 15 is 0 Å². The van der Waals surface area contributed by atoms with Crippen LogP contribution >= 0.6 is 0 Å². The van der Waals surface area contributed by atoms with Gasteiger partial charge in [0, 0.05) is 22.0 Å². The number of benzene rings is 2. The van der Waals surface area contributed by atoms with E-state index in [9.17, 15) is 5.11 Å². The van der Waals surface area contributed by atoms with Gasteiger partial charge in [-0.25, -0.2) is 0 Å². The molecule has 2 aromatic carbocycles. The molecule has 5 heteroatoms. The van der Waals surface area contributed by atoms with Crippen molar-refractivity contribution in [2.75, 3.05) is 26.4 Å². The molecule has 5 nitrogen and oxygen atoms in total. The molecule has 1 saturated carbocycles. The van der Waals surface area contributed by atoms with Crippen molar-refractivity contribution in [2.45, 2.75) is 37.9 Å². The summed E-state index contributed by atoms with van der Waals surface area (Å²) in [4.78, 5) is 0. The summed E-state index contributed by atoms with van der Waals surface area (Å²) in [5.41, 5.74) is 1.21. The molecule has 29 heavy (non-hydrogen) atoms. The Labute approximate surface area is 171 Å². The van der Waals surface area contributed by atoms with Gasteiger partial charge in [-0.05, 0) is 12.8 Å². The lowest BCUT2D eigenvalue weighted by atomic mass is 9.60. The topological polar surface area (TPSA) is 57.2 Å². The van der Waals surface area contributed by atoms with Crippen molar-refractivity contribution in [3.63, 3.8) is 0 Å². The SMILES string of the molecule is OC1C2(CCCC13COC(c1ccccc1)OC3)COC(c1ccccc1)OC2. The van der Waals surface area contributed by atoms with Crippen LogP contribution in [0.3, 0.4) is 0 Å². The van der Waals surface area contributed by atoms with Gasteiger partial charge in [-0.15, -0.1) is 0 Å². The third-order valence-electron chi connectivity index (χ3n) is 6.74. The summed E-state index contributed by atoms with van der Waals surface area (Å²) in [7, 11) is 0. The van der Waals surface area contributed by atoms with Crippen LogP contribution in [0.4, 0.5) is 0 Å². The van der Waals surface area contributed by atoms with E-state index in [1.165, 1.54) is 0 Å². The van der Waals surface area contributed by atoms with Crippen LogP contribution < -0.4 is 0 Å². The van der Waals surface area contributed by atoms with Crippen molar-refractivity contribution in [3.05, 3.63) is 71.8 Å². The van der Waals surface area contributed by atoms with Gasteiger partial charge < -0.3 is 24.1 Å². The molecule has 2 saturated heterocycles. The van der Waals surface area contributed by atoms with Crippen LogP contribution in [0.25, 0.3) is 0 Å². The number of hydrogen-bond acceptors (Lipinski definition) is 5. The Balaban J connectivity index is 1.27. The van der Waals surface area contributed by atoms with Crippen molar-refractivity contribution in [1.82, 2.24) is 0 Å². The highest BCUT2D eigenvalue weighted by Crippen LogP contribution is 2.52. The van der Waals surface area contributed by atoms with Gasteiger partial charge >= 0.3 is 0 Å². The van der Waals surface area contributed by atoms with Gasteiger partial charge in [-0.2, -0.15) is 0 Å². The Kier molecular flexibility index (Phi) is 5.18. The molecule has 154 valence electrons.